The smallest absolute Gasteiger partial charge is 0.162 e. The summed E-state index contributed by atoms with van der Waals surface area (Å²) in [5.74, 6) is 1.41. The van der Waals surface area contributed by atoms with E-state index in [4.69, 9.17) is 9.84 Å². The van der Waals surface area contributed by atoms with Gasteiger partial charge in [0.1, 0.15) is 12.7 Å². The summed E-state index contributed by atoms with van der Waals surface area (Å²) in [6.07, 6.45) is 2.14. The minimum absolute atomic E-state index is 0.0674. The minimum Gasteiger partial charge on any atom is -0.388 e. The Morgan fingerprint density at radius 2 is 2.46 bits per heavy atom. The first-order valence-electron chi connectivity index (χ1n) is 4.43. The molecule has 1 aliphatic heterocycles. The van der Waals surface area contributed by atoms with E-state index in [1.165, 1.54) is 0 Å². The van der Waals surface area contributed by atoms with E-state index in [9.17, 15) is 0 Å². The number of ether oxygens (including phenoxy) is 1. The summed E-state index contributed by atoms with van der Waals surface area (Å²) in [6.45, 7) is 0.724. The van der Waals surface area contributed by atoms with Crippen LogP contribution in [0.3, 0.4) is 0 Å². The van der Waals surface area contributed by atoms with Gasteiger partial charge in [-0.1, -0.05) is 0 Å². The highest BCUT2D eigenvalue weighted by Gasteiger charge is 2.23. The number of aromatic nitrogens is 3. The number of aliphatic hydroxyl groups is 1. The van der Waals surface area contributed by atoms with Crippen molar-refractivity contribution in [3.8, 4) is 0 Å². The molecule has 13 heavy (non-hydrogen) atoms. The monoisotopic (exact) mass is 183 g/mol. The predicted molar refractivity (Wildman–Crippen MR) is 44.9 cm³/mol. The van der Waals surface area contributed by atoms with Gasteiger partial charge in [-0.05, 0) is 12.8 Å². The SMILES string of the molecule is Cn1c(CO)nnc1C1CCCO1. The first-order valence-corrected chi connectivity index (χ1v) is 4.43. The molecular formula is C8H13N3O2. The predicted octanol–water partition coefficient (Wildman–Crippen LogP) is 0.159. The van der Waals surface area contributed by atoms with E-state index in [0.717, 1.165) is 25.3 Å². The second-order valence-corrected chi connectivity index (χ2v) is 3.19. The Balaban J connectivity index is 2.24. The Labute approximate surface area is 76.3 Å². The lowest BCUT2D eigenvalue weighted by atomic mass is 10.2. The summed E-state index contributed by atoms with van der Waals surface area (Å²) < 4.78 is 7.27. The van der Waals surface area contributed by atoms with Crippen molar-refractivity contribution < 1.29 is 9.84 Å². The number of hydrogen-bond donors (Lipinski definition) is 1. The lowest BCUT2D eigenvalue weighted by molar-refractivity contribution is 0.102. The summed E-state index contributed by atoms with van der Waals surface area (Å²) in [5.41, 5.74) is 0. The Kier molecular flexibility index (Phi) is 2.28. The minimum atomic E-state index is -0.0732. The standard InChI is InChI=1S/C8H13N3O2/c1-11-7(5-12)9-10-8(11)6-3-2-4-13-6/h6,12H,2-5H2,1H3. The Morgan fingerprint density at radius 3 is 3.00 bits per heavy atom. The van der Waals surface area contributed by atoms with E-state index in [-0.39, 0.29) is 12.7 Å². The van der Waals surface area contributed by atoms with Crippen molar-refractivity contribution >= 4 is 0 Å². The van der Waals surface area contributed by atoms with E-state index in [0.29, 0.717) is 5.82 Å². The zero-order valence-corrected chi connectivity index (χ0v) is 7.60. The largest absolute Gasteiger partial charge is 0.388 e. The van der Waals surface area contributed by atoms with Crippen molar-refractivity contribution in [2.45, 2.75) is 25.6 Å². The summed E-state index contributed by atoms with van der Waals surface area (Å²) in [6, 6.07) is 0. The van der Waals surface area contributed by atoms with Gasteiger partial charge in [-0.25, -0.2) is 0 Å². The number of hydrogen-bond acceptors (Lipinski definition) is 4. The Morgan fingerprint density at radius 1 is 1.62 bits per heavy atom. The molecule has 0 amide bonds. The van der Waals surface area contributed by atoms with Crippen molar-refractivity contribution in [3.05, 3.63) is 11.6 Å². The molecule has 5 nitrogen and oxygen atoms in total. The molecule has 5 heteroatoms. The molecule has 1 fully saturated rings. The number of aliphatic hydroxyl groups excluding tert-OH is 1. The van der Waals surface area contributed by atoms with Crippen molar-refractivity contribution in [3.63, 3.8) is 0 Å². The van der Waals surface area contributed by atoms with Gasteiger partial charge in [-0.15, -0.1) is 10.2 Å². The van der Waals surface area contributed by atoms with E-state index >= 15 is 0 Å². The van der Waals surface area contributed by atoms with Crippen molar-refractivity contribution in [2.75, 3.05) is 6.61 Å². The molecule has 0 spiro atoms. The molecule has 0 aliphatic carbocycles. The molecule has 1 unspecified atom stereocenters. The molecule has 1 aromatic rings. The zero-order chi connectivity index (χ0) is 9.26. The summed E-state index contributed by atoms with van der Waals surface area (Å²) in [7, 11) is 1.85. The zero-order valence-electron chi connectivity index (χ0n) is 7.60. The van der Waals surface area contributed by atoms with Crippen molar-refractivity contribution in [2.24, 2.45) is 7.05 Å². The molecule has 1 N–H and O–H groups in total. The lowest BCUT2D eigenvalue weighted by Crippen LogP contribution is -2.07. The van der Waals surface area contributed by atoms with Crippen LogP contribution in [0.15, 0.2) is 0 Å². The quantitative estimate of drug-likeness (QED) is 0.709. The van der Waals surface area contributed by atoms with Gasteiger partial charge in [-0.3, -0.25) is 0 Å². The molecule has 0 radical (unpaired) electrons. The summed E-state index contributed by atoms with van der Waals surface area (Å²) >= 11 is 0. The van der Waals surface area contributed by atoms with Crippen LogP contribution < -0.4 is 0 Å². The van der Waals surface area contributed by atoms with Gasteiger partial charge in [0, 0.05) is 13.7 Å². The van der Waals surface area contributed by atoms with Crippen LogP contribution in [0.4, 0.5) is 0 Å². The van der Waals surface area contributed by atoms with Gasteiger partial charge < -0.3 is 14.4 Å². The van der Waals surface area contributed by atoms with Crippen LogP contribution in [0.25, 0.3) is 0 Å². The highest BCUT2D eigenvalue weighted by Crippen LogP contribution is 2.26. The van der Waals surface area contributed by atoms with E-state index < -0.39 is 0 Å². The first kappa shape index (κ1) is 8.65. The van der Waals surface area contributed by atoms with E-state index in [1.807, 2.05) is 7.05 Å². The van der Waals surface area contributed by atoms with Crippen LogP contribution in [-0.2, 0) is 18.4 Å². The van der Waals surface area contributed by atoms with Gasteiger partial charge >= 0.3 is 0 Å². The normalized spacial score (nSPS) is 22.5. The van der Waals surface area contributed by atoms with Crippen LogP contribution in [0.1, 0.15) is 30.6 Å². The highest BCUT2D eigenvalue weighted by molar-refractivity contribution is 4.98. The topological polar surface area (TPSA) is 60.2 Å². The molecule has 1 atom stereocenters. The molecule has 0 aromatic carbocycles. The molecule has 2 heterocycles. The molecule has 0 bridgehead atoms. The fraction of sp³-hybridized carbons (Fsp3) is 0.750. The maximum Gasteiger partial charge on any atom is 0.162 e. The van der Waals surface area contributed by atoms with Gasteiger partial charge in [0.2, 0.25) is 0 Å². The van der Waals surface area contributed by atoms with Crippen molar-refractivity contribution in [1.29, 1.82) is 0 Å². The average Bonchev–Trinajstić information content (AvgIpc) is 2.72. The summed E-state index contributed by atoms with van der Waals surface area (Å²) in [4.78, 5) is 0. The molecule has 1 aliphatic rings. The second kappa shape index (κ2) is 3.43. The first-order chi connectivity index (χ1) is 6.33. The second-order valence-electron chi connectivity index (χ2n) is 3.19. The van der Waals surface area contributed by atoms with Gasteiger partial charge in [-0.2, -0.15) is 0 Å². The third-order valence-electron chi connectivity index (χ3n) is 2.36. The lowest BCUT2D eigenvalue weighted by Gasteiger charge is -2.08. The molecular weight excluding hydrogens is 170 g/mol. The van der Waals surface area contributed by atoms with E-state index in [1.54, 1.807) is 4.57 Å². The fourth-order valence-electron chi connectivity index (χ4n) is 1.57. The van der Waals surface area contributed by atoms with Gasteiger partial charge in [0.15, 0.2) is 11.6 Å². The number of nitrogens with zero attached hydrogens (tertiary/aromatic N) is 3. The van der Waals surface area contributed by atoms with Crippen LogP contribution >= 0.6 is 0 Å². The molecule has 2 rings (SSSR count). The van der Waals surface area contributed by atoms with Gasteiger partial charge in [0.25, 0.3) is 0 Å². The van der Waals surface area contributed by atoms with E-state index in [2.05, 4.69) is 10.2 Å². The van der Waals surface area contributed by atoms with Crippen molar-refractivity contribution in [1.82, 2.24) is 14.8 Å². The maximum atomic E-state index is 8.91. The third kappa shape index (κ3) is 1.45. The number of rotatable bonds is 2. The average molecular weight is 183 g/mol. The fourth-order valence-corrected chi connectivity index (χ4v) is 1.57. The molecule has 1 aromatic heterocycles. The van der Waals surface area contributed by atoms with Crippen LogP contribution in [0, 0.1) is 0 Å². The molecule has 1 saturated heterocycles. The van der Waals surface area contributed by atoms with Crippen LogP contribution in [-0.4, -0.2) is 26.5 Å². The molecule has 72 valence electrons. The van der Waals surface area contributed by atoms with Gasteiger partial charge in [0.05, 0.1) is 0 Å². The Bertz CT molecular complexity index is 292. The highest BCUT2D eigenvalue weighted by atomic mass is 16.5. The maximum absolute atomic E-state index is 8.91. The van der Waals surface area contributed by atoms with Crippen LogP contribution in [0.2, 0.25) is 0 Å². The Hall–Kier alpha value is -0.940. The molecule has 0 saturated carbocycles. The third-order valence-corrected chi connectivity index (χ3v) is 2.36. The summed E-state index contributed by atoms with van der Waals surface area (Å²) in [5, 5.41) is 16.8. The van der Waals surface area contributed by atoms with Crippen LogP contribution in [0.5, 0.6) is 0 Å².